The van der Waals surface area contributed by atoms with E-state index in [4.69, 9.17) is 4.42 Å². The topological polar surface area (TPSA) is 67.6 Å². The molecule has 0 N–H and O–H groups in total. The molecule has 1 aliphatic heterocycles. The maximum atomic E-state index is 12.9. The van der Waals surface area contributed by atoms with Crippen LogP contribution in [0.4, 0.5) is 0 Å². The lowest BCUT2D eigenvalue weighted by atomic mass is 10.0. The smallest absolute Gasteiger partial charge is 0.227 e. The summed E-state index contributed by atoms with van der Waals surface area (Å²) in [7, 11) is -3.01. The van der Waals surface area contributed by atoms with Crippen LogP contribution >= 0.6 is 0 Å². The summed E-state index contributed by atoms with van der Waals surface area (Å²) in [6, 6.07) is 3.84. The van der Waals surface area contributed by atoms with Gasteiger partial charge in [-0.1, -0.05) is 19.1 Å². The maximum Gasteiger partial charge on any atom is 0.227 e. The molecule has 1 saturated heterocycles. The van der Waals surface area contributed by atoms with Crippen molar-refractivity contribution in [3.63, 3.8) is 0 Å². The molecule has 6 heteroatoms. The van der Waals surface area contributed by atoms with Crippen molar-refractivity contribution in [1.82, 2.24) is 4.90 Å². The highest BCUT2D eigenvalue weighted by Gasteiger charge is 2.34. The summed E-state index contributed by atoms with van der Waals surface area (Å²) in [6.45, 7) is 6.64. The molecule has 0 radical (unpaired) electrons. The van der Waals surface area contributed by atoms with Gasteiger partial charge in [0.15, 0.2) is 9.84 Å². The van der Waals surface area contributed by atoms with Crippen molar-refractivity contribution < 1.29 is 17.6 Å². The minimum atomic E-state index is -3.01. The number of fused-ring (bicyclic) bond motifs is 1. The molecule has 0 saturated carbocycles. The monoisotopic (exact) mass is 363 g/mol. The van der Waals surface area contributed by atoms with Gasteiger partial charge in [-0.15, -0.1) is 0 Å². The van der Waals surface area contributed by atoms with Crippen LogP contribution in [-0.4, -0.2) is 43.3 Å². The number of hydrogen-bond acceptors (Lipinski definition) is 4. The van der Waals surface area contributed by atoms with Gasteiger partial charge in [0, 0.05) is 23.5 Å². The molecule has 0 unspecified atom stereocenters. The number of nitrogens with zero attached hydrogens (tertiary/aromatic N) is 1. The van der Waals surface area contributed by atoms with Gasteiger partial charge in [0.1, 0.15) is 5.58 Å². The SMILES string of the molecule is CCCN(C(=O)Cc1coc2c(C)c(C)ccc12)[C@H]1CCS(=O)(=O)C1. The predicted octanol–water partition coefficient (Wildman–Crippen LogP) is 3.02. The molecule has 0 bridgehead atoms. The molecule has 3 rings (SSSR count). The van der Waals surface area contributed by atoms with E-state index in [1.165, 1.54) is 0 Å². The van der Waals surface area contributed by atoms with Crippen LogP contribution in [0.3, 0.4) is 0 Å². The summed E-state index contributed by atoms with van der Waals surface area (Å²) >= 11 is 0. The number of carbonyl (C=O) groups excluding carboxylic acids is 1. The average molecular weight is 363 g/mol. The average Bonchev–Trinajstić information content (AvgIpc) is 3.12. The van der Waals surface area contributed by atoms with Crippen molar-refractivity contribution in [3.8, 4) is 0 Å². The van der Waals surface area contributed by atoms with Gasteiger partial charge >= 0.3 is 0 Å². The van der Waals surface area contributed by atoms with E-state index in [-0.39, 0.29) is 29.9 Å². The van der Waals surface area contributed by atoms with Crippen LogP contribution < -0.4 is 0 Å². The van der Waals surface area contributed by atoms with Crippen LogP contribution in [0.15, 0.2) is 22.8 Å². The largest absolute Gasteiger partial charge is 0.464 e. The van der Waals surface area contributed by atoms with Gasteiger partial charge in [-0.3, -0.25) is 4.79 Å². The third kappa shape index (κ3) is 3.59. The molecule has 1 aromatic carbocycles. The first-order valence-corrected chi connectivity index (χ1v) is 10.6. The van der Waals surface area contributed by atoms with Gasteiger partial charge in [-0.05, 0) is 37.8 Å². The number of sulfone groups is 1. The van der Waals surface area contributed by atoms with Crippen molar-refractivity contribution in [2.75, 3.05) is 18.1 Å². The van der Waals surface area contributed by atoms with Crippen LogP contribution in [-0.2, 0) is 21.1 Å². The summed E-state index contributed by atoms with van der Waals surface area (Å²) in [5.74, 6) is 0.242. The Morgan fingerprint density at radius 3 is 2.72 bits per heavy atom. The molecular formula is C19H25NO4S. The van der Waals surface area contributed by atoms with Crippen LogP contribution in [0.1, 0.15) is 36.5 Å². The summed E-state index contributed by atoms with van der Waals surface area (Å²) in [6.07, 6.45) is 3.25. The number of amides is 1. The van der Waals surface area contributed by atoms with Gasteiger partial charge in [0.2, 0.25) is 5.91 Å². The van der Waals surface area contributed by atoms with Gasteiger partial charge in [-0.25, -0.2) is 8.42 Å². The Hall–Kier alpha value is -1.82. The number of furan rings is 1. The maximum absolute atomic E-state index is 12.9. The normalized spacial score (nSPS) is 19.4. The fourth-order valence-electron chi connectivity index (χ4n) is 3.56. The molecule has 1 atom stereocenters. The molecule has 5 nitrogen and oxygen atoms in total. The van der Waals surface area contributed by atoms with E-state index in [0.717, 1.165) is 34.1 Å². The Kier molecular flexibility index (Phi) is 4.91. The third-order valence-electron chi connectivity index (χ3n) is 5.12. The zero-order valence-electron chi connectivity index (χ0n) is 15.0. The van der Waals surface area contributed by atoms with Gasteiger partial charge in [0.05, 0.1) is 24.2 Å². The van der Waals surface area contributed by atoms with Crippen molar-refractivity contribution in [1.29, 1.82) is 0 Å². The number of carbonyl (C=O) groups is 1. The molecule has 2 heterocycles. The van der Waals surface area contributed by atoms with Crippen LogP contribution in [0.5, 0.6) is 0 Å². The molecule has 1 aliphatic rings. The Labute approximate surface area is 148 Å². The summed E-state index contributed by atoms with van der Waals surface area (Å²) in [5.41, 5.74) is 3.94. The minimum absolute atomic E-state index is 0.0233. The van der Waals surface area contributed by atoms with Crippen LogP contribution in [0.2, 0.25) is 0 Å². The lowest BCUT2D eigenvalue weighted by Gasteiger charge is -2.28. The molecule has 0 spiro atoms. The fraction of sp³-hybridized carbons (Fsp3) is 0.526. The van der Waals surface area contributed by atoms with Gasteiger partial charge < -0.3 is 9.32 Å². The Balaban J connectivity index is 1.83. The zero-order chi connectivity index (χ0) is 18.2. The van der Waals surface area contributed by atoms with Crippen molar-refractivity contribution in [2.24, 2.45) is 0 Å². The summed E-state index contributed by atoms with van der Waals surface area (Å²) in [4.78, 5) is 14.6. The highest BCUT2D eigenvalue weighted by molar-refractivity contribution is 7.91. The molecule has 1 amide bonds. The number of hydrogen-bond donors (Lipinski definition) is 0. The van der Waals surface area contributed by atoms with Crippen LogP contribution in [0, 0.1) is 13.8 Å². The molecular weight excluding hydrogens is 338 g/mol. The lowest BCUT2D eigenvalue weighted by molar-refractivity contribution is -0.132. The van der Waals surface area contributed by atoms with Gasteiger partial charge in [0.25, 0.3) is 0 Å². The first-order chi connectivity index (χ1) is 11.8. The molecule has 25 heavy (non-hydrogen) atoms. The second kappa shape index (κ2) is 6.83. The Bertz CT molecular complexity index is 898. The van der Waals surface area contributed by atoms with Crippen molar-refractivity contribution in [2.45, 2.75) is 46.1 Å². The van der Waals surface area contributed by atoms with E-state index in [2.05, 4.69) is 0 Å². The standard InChI is InChI=1S/C19H25NO4S/c1-4-8-20(16-7-9-25(22,23)12-16)18(21)10-15-11-24-19-14(3)13(2)5-6-17(15)19/h5-6,11,16H,4,7-10,12H2,1-3H3/t16-/m0/s1. The van der Waals surface area contributed by atoms with E-state index >= 15 is 0 Å². The Morgan fingerprint density at radius 1 is 1.32 bits per heavy atom. The molecule has 0 aliphatic carbocycles. The zero-order valence-corrected chi connectivity index (χ0v) is 15.9. The molecule has 2 aromatic rings. The van der Waals surface area contributed by atoms with Crippen molar-refractivity contribution in [3.05, 3.63) is 35.1 Å². The van der Waals surface area contributed by atoms with E-state index in [9.17, 15) is 13.2 Å². The second-order valence-electron chi connectivity index (χ2n) is 6.97. The van der Waals surface area contributed by atoms with E-state index in [1.54, 1.807) is 11.2 Å². The minimum Gasteiger partial charge on any atom is -0.464 e. The molecule has 136 valence electrons. The highest BCUT2D eigenvalue weighted by Crippen LogP contribution is 2.28. The predicted molar refractivity (Wildman–Crippen MR) is 98.5 cm³/mol. The number of benzene rings is 1. The molecule has 1 aromatic heterocycles. The summed E-state index contributed by atoms with van der Waals surface area (Å²) < 4.78 is 29.3. The van der Waals surface area contributed by atoms with E-state index in [1.807, 2.05) is 32.9 Å². The van der Waals surface area contributed by atoms with Crippen LogP contribution in [0.25, 0.3) is 11.0 Å². The number of aryl methyl sites for hydroxylation is 2. The summed E-state index contributed by atoms with van der Waals surface area (Å²) in [5, 5.41) is 0.965. The highest BCUT2D eigenvalue weighted by atomic mass is 32.2. The quantitative estimate of drug-likeness (QED) is 0.819. The Morgan fingerprint density at radius 2 is 2.08 bits per heavy atom. The van der Waals surface area contributed by atoms with Gasteiger partial charge in [-0.2, -0.15) is 0 Å². The fourth-order valence-corrected chi connectivity index (χ4v) is 5.29. The lowest BCUT2D eigenvalue weighted by Crippen LogP contribution is -2.42. The van der Waals surface area contributed by atoms with E-state index < -0.39 is 9.84 Å². The number of rotatable bonds is 5. The second-order valence-corrected chi connectivity index (χ2v) is 9.19. The third-order valence-corrected chi connectivity index (χ3v) is 6.87. The first-order valence-electron chi connectivity index (χ1n) is 8.78. The van der Waals surface area contributed by atoms with Crippen molar-refractivity contribution >= 4 is 26.7 Å². The first kappa shape index (κ1) is 18.0. The molecule has 1 fully saturated rings. The van der Waals surface area contributed by atoms with E-state index in [0.29, 0.717) is 13.0 Å².